The number of hydrogen-bond donors (Lipinski definition) is 4. The predicted molar refractivity (Wildman–Crippen MR) is 277 cm³/mol. The summed E-state index contributed by atoms with van der Waals surface area (Å²) >= 11 is 0. The molecule has 0 atom stereocenters. The Hall–Kier alpha value is -3.71. The van der Waals surface area contributed by atoms with Gasteiger partial charge in [-0.25, -0.2) is 9.97 Å². The van der Waals surface area contributed by atoms with E-state index in [9.17, 15) is 14.4 Å². The van der Waals surface area contributed by atoms with Crippen LogP contribution >= 0.6 is 0 Å². The zero-order valence-electron chi connectivity index (χ0n) is 44.6. The quantitative estimate of drug-likeness (QED) is 0.0225. The Kier molecular flexibility index (Phi) is 40.8. The summed E-state index contributed by atoms with van der Waals surface area (Å²) in [5, 5.41) is 3.40. The van der Waals surface area contributed by atoms with Gasteiger partial charge in [0.05, 0.1) is 32.8 Å². The van der Waals surface area contributed by atoms with Gasteiger partial charge in [0.2, 0.25) is 0 Å². The van der Waals surface area contributed by atoms with E-state index in [1.807, 2.05) is 20.0 Å². The van der Waals surface area contributed by atoms with Crippen LogP contribution in [0.3, 0.4) is 0 Å². The van der Waals surface area contributed by atoms with E-state index in [1.165, 1.54) is 74.7 Å². The second kappa shape index (κ2) is 43.1. The number of H-pyrrole nitrogens is 2. The topological polar surface area (TPSA) is 178 Å². The maximum absolute atomic E-state index is 12.1. The predicted octanol–water partition coefficient (Wildman–Crippen LogP) is 4.34. The van der Waals surface area contributed by atoms with Crippen molar-refractivity contribution >= 4 is 26.6 Å². The first-order valence-corrected chi connectivity index (χ1v) is 24.9. The van der Waals surface area contributed by atoms with Crippen molar-refractivity contribution in [1.29, 1.82) is 0 Å². The van der Waals surface area contributed by atoms with Gasteiger partial charge in [0, 0.05) is 59.4 Å². The average molecular weight is 966 g/mol. The average Bonchev–Trinajstić information content (AvgIpc) is 4.07. The van der Waals surface area contributed by atoms with Gasteiger partial charge in [0.15, 0.2) is 12.1 Å². The van der Waals surface area contributed by atoms with Crippen molar-refractivity contribution in [1.82, 2.24) is 44.9 Å². The molecule has 0 amide bonds. The summed E-state index contributed by atoms with van der Waals surface area (Å²) in [6.07, 6.45) is 16.7. The summed E-state index contributed by atoms with van der Waals surface area (Å²) in [4.78, 5) is 56.9. The number of aldehydes is 1. The van der Waals surface area contributed by atoms with Crippen molar-refractivity contribution in [2.75, 3.05) is 78.7 Å². The molecule has 0 aliphatic rings. The van der Waals surface area contributed by atoms with Crippen molar-refractivity contribution in [3.63, 3.8) is 0 Å². The standard InChI is InChI=1S/C26H43N5O2.C22H39N3O2.C4H4N2O.B.Na.H/c1-4-15-30(16-5-2)17-7-8-18-31(22-26(32)33-6-3)21-24-11-9-23(10-12-24)19-27-20-25-28-13-14-29-25;1-4-13-24(14-5-2)15-7-8-16-25(19-22(26)27-6-3)18-21-11-9-20(17-23)10-12-21;7-3-4-5-1-2-6-4;;;/h9-14,27H,4-8,15-22H2,1-3H3,(H,28,29);9-12H,4-8,13-19,23H2,1-3H3;1-3H,(H,5,6);;;/q;;;;+1;-1. The first kappa shape index (κ1) is 65.3. The number of benzene rings is 2. The van der Waals surface area contributed by atoms with Crippen LogP contribution in [0, 0.1) is 0 Å². The van der Waals surface area contributed by atoms with Gasteiger partial charge in [-0.15, -0.1) is 0 Å². The monoisotopic (exact) mass is 966 g/mol. The molecule has 15 nitrogen and oxygen atoms in total. The summed E-state index contributed by atoms with van der Waals surface area (Å²) in [6.45, 7) is 26.6. The van der Waals surface area contributed by atoms with E-state index in [2.05, 4.69) is 121 Å². The fraction of sp³-hybridized carbons (Fsp3) is 0.596. The van der Waals surface area contributed by atoms with Gasteiger partial charge in [-0.1, -0.05) is 76.2 Å². The molecule has 0 saturated heterocycles. The summed E-state index contributed by atoms with van der Waals surface area (Å²) in [5.74, 6) is 1.03. The van der Waals surface area contributed by atoms with Gasteiger partial charge in [-0.05, 0) is 140 Å². The van der Waals surface area contributed by atoms with E-state index >= 15 is 0 Å². The Balaban J connectivity index is 0. The van der Waals surface area contributed by atoms with E-state index in [0.717, 1.165) is 89.4 Å². The molecule has 4 aromatic rings. The van der Waals surface area contributed by atoms with Crippen LogP contribution in [0.25, 0.3) is 0 Å². The van der Waals surface area contributed by atoms with Crippen molar-refractivity contribution in [2.45, 2.75) is 126 Å². The minimum atomic E-state index is -0.144. The fourth-order valence-corrected chi connectivity index (χ4v) is 7.61. The van der Waals surface area contributed by atoms with E-state index in [-0.39, 0.29) is 51.3 Å². The number of aromatic nitrogens is 4. The Labute approximate surface area is 441 Å². The van der Waals surface area contributed by atoms with Gasteiger partial charge >= 0.3 is 41.5 Å². The third kappa shape index (κ3) is 32.0. The molecule has 17 heteroatoms. The third-order valence-electron chi connectivity index (χ3n) is 10.8. The number of nitrogens with two attached hydrogens (primary N) is 1. The van der Waals surface area contributed by atoms with Gasteiger partial charge in [0.25, 0.3) is 0 Å². The van der Waals surface area contributed by atoms with Crippen molar-refractivity contribution in [3.05, 3.63) is 107 Å². The molecule has 2 aromatic heterocycles. The molecule has 0 saturated carbocycles. The van der Waals surface area contributed by atoms with Crippen LogP contribution in [-0.4, -0.2) is 145 Å². The molecule has 3 radical (unpaired) electrons. The number of ether oxygens (including phenoxy) is 2. The molecule has 0 unspecified atom stereocenters. The molecule has 0 spiro atoms. The SMILES string of the molecule is CCCN(CCC)CCCCN(CC(=O)OCC)Cc1ccc(CN)cc1.CCCN(CCC)CCCCN(CC(=O)OCC)Cc1ccc(CNCc2ncc[nH]2)cc1.O=Cc1ncc[nH]1.[B].[H-].[Na+]. The normalized spacial score (nSPS) is 10.8. The number of rotatable bonds is 34. The van der Waals surface area contributed by atoms with Crippen molar-refractivity contribution < 1.29 is 54.8 Å². The number of unbranched alkanes of at least 4 members (excludes halogenated alkanes) is 2. The van der Waals surface area contributed by atoms with E-state index in [1.54, 1.807) is 12.4 Å². The smallest absolute Gasteiger partial charge is 1.00 e. The maximum atomic E-state index is 12.1. The van der Waals surface area contributed by atoms with E-state index in [0.29, 0.717) is 45.0 Å². The van der Waals surface area contributed by atoms with Crippen LogP contribution < -0.4 is 40.6 Å². The number of aromatic amines is 2. The Morgan fingerprint density at radius 2 is 1.00 bits per heavy atom. The van der Waals surface area contributed by atoms with Crippen LogP contribution in [0.2, 0.25) is 0 Å². The summed E-state index contributed by atoms with van der Waals surface area (Å²) < 4.78 is 10.4. The van der Waals surface area contributed by atoms with Crippen LogP contribution in [0.4, 0.5) is 0 Å². The molecule has 2 heterocycles. The number of carbonyl (C=O) groups excluding carboxylic acids is 3. The number of hydrogen-bond acceptors (Lipinski definition) is 13. The first-order chi connectivity index (χ1) is 32.7. The molecular formula is C52H87BN10NaO5. The summed E-state index contributed by atoms with van der Waals surface area (Å²) in [5.41, 5.74) is 10.5. The Morgan fingerprint density at radius 3 is 1.35 bits per heavy atom. The van der Waals surface area contributed by atoms with Crippen LogP contribution in [0.15, 0.2) is 73.3 Å². The number of carbonyl (C=O) groups is 3. The second-order valence-electron chi connectivity index (χ2n) is 16.7. The zero-order valence-corrected chi connectivity index (χ0v) is 45.6. The molecule has 0 bridgehead atoms. The van der Waals surface area contributed by atoms with E-state index < -0.39 is 0 Å². The molecule has 0 fully saturated rings. The molecule has 2 aromatic carbocycles. The number of esters is 2. The molecule has 379 valence electrons. The maximum Gasteiger partial charge on any atom is 1.00 e. The molecule has 0 aliphatic heterocycles. The zero-order chi connectivity index (χ0) is 48.7. The molecule has 69 heavy (non-hydrogen) atoms. The van der Waals surface area contributed by atoms with Gasteiger partial charge in [-0.2, -0.15) is 0 Å². The minimum absolute atomic E-state index is 0. The summed E-state index contributed by atoms with van der Waals surface area (Å²) in [6, 6.07) is 16.9. The van der Waals surface area contributed by atoms with Crippen molar-refractivity contribution in [3.8, 4) is 0 Å². The van der Waals surface area contributed by atoms with Gasteiger partial charge in [-0.3, -0.25) is 24.2 Å². The molecule has 5 N–H and O–H groups in total. The Morgan fingerprint density at radius 1 is 0.594 bits per heavy atom. The molecule has 4 rings (SSSR count). The minimum Gasteiger partial charge on any atom is -1.00 e. The molecular weight excluding hydrogens is 878 g/mol. The van der Waals surface area contributed by atoms with Crippen molar-refractivity contribution in [2.24, 2.45) is 5.73 Å². The van der Waals surface area contributed by atoms with Crippen LogP contribution in [-0.2, 0) is 51.8 Å². The van der Waals surface area contributed by atoms with Gasteiger partial charge in [0.1, 0.15) is 5.82 Å². The molecule has 0 aliphatic carbocycles. The van der Waals surface area contributed by atoms with Crippen LogP contribution in [0.1, 0.15) is 133 Å². The third-order valence-corrected chi connectivity index (χ3v) is 10.8. The van der Waals surface area contributed by atoms with Crippen LogP contribution in [0.5, 0.6) is 0 Å². The second-order valence-corrected chi connectivity index (χ2v) is 16.7. The number of imidazole rings is 2. The summed E-state index contributed by atoms with van der Waals surface area (Å²) in [7, 11) is 0. The largest absolute Gasteiger partial charge is 1.00 e. The first-order valence-electron chi connectivity index (χ1n) is 24.9. The number of nitrogens with zero attached hydrogens (tertiary/aromatic N) is 6. The fourth-order valence-electron chi connectivity index (χ4n) is 7.61. The number of nitrogens with one attached hydrogen (secondary N) is 3. The van der Waals surface area contributed by atoms with Gasteiger partial charge < -0.3 is 41.7 Å². The Bertz CT molecular complexity index is 1790. The van der Waals surface area contributed by atoms with E-state index in [4.69, 9.17) is 15.2 Å².